The van der Waals surface area contributed by atoms with E-state index in [0.29, 0.717) is 45.7 Å². The fraction of sp³-hybridized carbons (Fsp3) is 0.952. The number of aliphatic hydroxyl groups excluding tert-OH is 2. The van der Waals surface area contributed by atoms with Gasteiger partial charge in [-0.2, -0.15) is 0 Å². The van der Waals surface area contributed by atoms with E-state index in [2.05, 4.69) is 37.7 Å². The van der Waals surface area contributed by atoms with Gasteiger partial charge < -0.3 is 49.2 Å². The third kappa shape index (κ3) is 60.1. The summed E-state index contributed by atoms with van der Waals surface area (Å²) < 4.78 is 22.3. The van der Waals surface area contributed by atoms with Crippen LogP contribution in [0.25, 0.3) is 0 Å². The van der Waals surface area contributed by atoms with Gasteiger partial charge in [-0.05, 0) is 169 Å². The monoisotopic (exact) mass is 1390 g/mol. The van der Waals surface area contributed by atoms with Gasteiger partial charge in [0.05, 0.1) is 49.5 Å². The molecule has 0 saturated carbocycles. The highest BCUT2D eigenvalue weighted by molar-refractivity contribution is 5.73. The first-order chi connectivity index (χ1) is 47.8. The molecule has 2 aliphatic heterocycles. The lowest BCUT2D eigenvalue weighted by molar-refractivity contribution is -0.151. The molecule has 2 aliphatic rings. The van der Waals surface area contributed by atoms with Crippen molar-refractivity contribution in [1.82, 2.24) is 9.80 Å². The van der Waals surface area contributed by atoms with Gasteiger partial charge >= 0.3 is 23.9 Å². The minimum Gasteiger partial charge on any atom is -0.466 e. The van der Waals surface area contributed by atoms with Crippen molar-refractivity contribution in [2.45, 2.75) is 423 Å². The number of aliphatic hydroxyl groups is 4. The largest absolute Gasteiger partial charge is 0.466 e. The van der Waals surface area contributed by atoms with Crippen LogP contribution in [0.1, 0.15) is 412 Å². The molecule has 98 heavy (non-hydrogen) atoms. The molecule has 0 aromatic carbocycles. The van der Waals surface area contributed by atoms with Gasteiger partial charge in [0.2, 0.25) is 0 Å². The molecular weight excluding hydrogens is 1230 g/mol. The smallest absolute Gasteiger partial charge is 0.309 e. The molecule has 0 spiro atoms. The summed E-state index contributed by atoms with van der Waals surface area (Å²) in [5, 5.41) is 40.8. The third-order valence-corrected chi connectivity index (χ3v) is 21.3. The molecule has 14 heteroatoms. The molecule has 0 amide bonds. The number of carbonyl (C=O) groups excluding carboxylic acids is 4. The predicted octanol–water partition coefficient (Wildman–Crippen LogP) is 20.9. The Kier molecular flexibility index (Phi) is 66.0. The van der Waals surface area contributed by atoms with Crippen LogP contribution in [0.2, 0.25) is 0 Å². The molecule has 14 nitrogen and oxygen atoms in total. The maximum Gasteiger partial charge on any atom is 0.309 e. The number of carbonyl (C=O) groups is 4. The summed E-state index contributed by atoms with van der Waals surface area (Å²) in [5.41, 5.74) is -1.37. The van der Waals surface area contributed by atoms with Crippen LogP contribution in [0.15, 0.2) is 0 Å². The number of esters is 4. The Morgan fingerprint density at radius 1 is 0.296 bits per heavy atom. The van der Waals surface area contributed by atoms with Crippen molar-refractivity contribution >= 4 is 23.9 Å². The highest BCUT2D eigenvalue weighted by atomic mass is 16.5. The summed E-state index contributed by atoms with van der Waals surface area (Å²) >= 11 is 0. The van der Waals surface area contributed by atoms with E-state index >= 15 is 0 Å². The SMILES string of the molecule is CCCCCCCCCCCCCCCCCC(=O)OCCCCCCC(O)(CCCCCCOC(=O)CCCCCCCCCCCCCCCCC)CCCCOC(=O)C1CCN(C)CC1.CN1CCC(C(=O)OCCCCC(O)(CCCCCCO)CCCCCCO)CC1. The Morgan fingerprint density at radius 3 is 0.765 bits per heavy atom. The van der Waals surface area contributed by atoms with Crippen LogP contribution in [0.4, 0.5) is 0 Å². The molecule has 0 unspecified atom stereocenters. The minimum atomic E-state index is -0.725. The van der Waals surface area contributed by atoms with Crippen molar-refractivity contribution in [3.05, 3.63) is 0 Å². The molecule has 2 fully saturated rings. The Labute approximate surface area is 604 Å². The Morgan fingerprint density at radius 2 is 0.500 bits per heavy atom. The Bertz CT molecular complexity index is 1680. The fourth-order valence-corrected chi connectivity index (χ4v) is 14.4. The van der Waals surface area contributed by atoms with Crippen LogP contribution in [-0.2, 0) is 38.1 Å². The maximum atomic E-state index is 12.6. The molecule has 0 bridgehead atoms. The molecule has 2 saturated heterocycles. The summed E-state index contributed by atoms with van der Waals surface area (Å²) in [4.78, 5) is 53.9. The van der Waals surface area contributed by atoms with Crippen LogP contribution >= 0.6 is 0 Å². The van der Waals surface area contributed by atoms with Gasteiger partial charge in [0.15, 0.2) is 0 Å². The number of hydrogen-bond acceptors (Lipinski definition) is 14. The highest BCUT2D eigenvalue weighted by Gasteiger charge is 2.29. The first-order valence-corrected chi connectivity index (χ1v) is 42.5. The number of piperidine rings is 2. The van der Waals surface area contributed by atoms with Gasteiger partial charge in [-0.1, -0.05) is 271 Å². The lowest BCUT2D eigenvalue weighted by Crippen LogP contribution is -2.34. The topological polar surface area (TPSA) is 193 Å². The average molecular weight is 1390 g/mol. The molecule has 2 heterocycles. The first kappa shape index (κ1) is 93.7. The molecule has 0 atom stereocenters. The van der Waals surface area contributed by atoms with E-state index in [0.717, 1.165) is 238 Å². The van der Waals surface area contributed by atoms with Crippen molar-refractivity contribution < 1.29 is 58.6 Å². The summed E-state index contributed by atoms with van der Waals surface area (Å²) in [6, 6.07) is 0. The van der Waals surface area contributed by atoms with E-state index in [1.54, 1.807) is 0 Å². The van der Waals surface area contributed by atoms with E-state index in [1.165, 1.54) is 167 Å². The second kappa shape index (κ2) is 69.0. The highest BCUT2D eigenvalue weighted by Crippen LogP contribution is 2.31. The summed E-state index contributed by atoms with van der Waals surface area (Å²) in [7, 11) is 4.18. The molecule has 0 aromatic rings. The summed E-state index contributed by atoms with van der Waals surface area (Å²) in [6.45, 7) is 10.7. The van der Waals surface area contributed by atoms with Gasteiger partial charge in [0.1, 0.15) is 0 Å². The standard InChI is InChI=1S/C60H115NO7.C24H47NO5/c1-4-6-8-10-12-14-16-18-20-22-24-26-28-30-36-44-57(62)66-53-41-34-32-38-48-60(65,50-40-43-55-68-59(64)56-46-51-61(3)52-47-56)49-39-33-35-42-54-67-58(63)45-37-31-29-27-25-23-21-19-17-15-13-11-9-7-5-2;1-25-17-12-22(13-18-25)23(28)30-21-11-8-16-24(29,14-6-2-4-9-19-26)15-7-3-5-10-20-27/h56,65H,4-55H2,1-3H3;22,26-27,29H,2-21H2,1H3. The van der Waals surface area contributed by atoms with Crippen molar-refractivity contribution in [2.24, 2.45) is 11.8 Å². The van der Waals surface area contributed by atoms with E-state index in [4.69, 9.17) is 29.2 Å². The lowest BCUT2D eigenvalue weighted by atomic mass is 9.85. The quantitative estimate of drug-likeness (QED) is 0.0255. The van der Waals surface area contributed by atoms with E-state index in [1.807, 2.05) is 0 Å². The molecule has 2 rings (SSSR count). The fourth-order valence-electron chi connectivity index (χ4n) is 14.4. The van der Waals surface area contributed by atoms with Crippen LogP contribution in [0.3, 0.4) is 0 Å². The van der Waals surface area contributed by atoms with Crippen molar-refractivity contribution in [3.8, 4) is 0 Å². The van der Waals surface area contributed by atoms with Gasteiger partial charge in [-0.15, -0.1) is 0 Å². The lowest BCUT2D eigenvalue weighted by Gasteiger charge is -2.29. The number of nitrogens with zero attached hydrogens (tertiary/aromatic N) is 2. The van der Waals surface area contributed by atoms with Gasteiger partial charge in [0, 0.05) is 26.1 Å². The van der Waals surface area contributed by atoms with Gasteiger partial charge in [0.25, 0.3) is 0 Å². The van der Waals surface area contributed by atoms with Crippen LogP contribution < -0.4 is 0 Å². The molecular formula is C84H162N2O12. The molecule has 0 aromatic heterocycles. The first-order valence-electron chi connectivity index (χ1n) is 42.5. The van der Waals surface area contributed by atoms with Crippen molar-refractivity contribution in [2.75, 3.05) is 79.9 Å². The number of hydrogen-bond donors (Lipinski definition) is 4. The van der Waals surface area contributed by atoms with E-state index in [9.17, 15) is 29.4 Å². The molecule has 0 radical (unpaired) electrons. The minimum absolute atomic E-state index is 0.0211. The number of unbranched alkanes of at least 4 members (excludes halogenated alkanes) is 42. The second-order valence-electron chi connectivity index (χ2n) is 30.8. The number of rotatable bonds is 70. The van der Waals surface area contributed by atoms with Crippen molar-refractivity contribution in [1.29, 1.82) is 0 Å². The normalized spacial score (nSPS) is 14.4. The predicted molar refractivity (Wildman–Crippen MR) is 407 cm³/mol. The second-order valence-corrected chi connectivity index (χ2v) is 30.8. The third-order valence-electron chi connectivity index (χ3n) is 21.3. The zero-order chi connectivity index (χ0) is 71.4. The summed E-state index contributed by atoms with van der Waals surface area (Å²) in [5.74, 6) is -0.145. The Hall–Kier alpha value is -2.36. The zero-order valence-corrected chi connectivity index (χ0v) is 65.0. The summed E-state index contributed by atoms with van der Waals surface area (Å²) in [6.07, 6.45) is 67.5. The van der Waals surface area contributed by atoms with Crippen molar-refractivity contribution in [3.63, 3.8) is 0 Å². The molecule has 580 valence electrons. The Balaban J connectivity index is 0.00000133. The van der Waals surface area contributed by atoms with E-state index < -0.39 is 11.2 Å². The molecule has 4 N–H and O–H groups in total. The average Bonchev–Trinajstić information content (AvgIpc) is 1.12. The maximum absolute atomic E-state index is 12.6. The zero-order valence-electron chi connectivity index (χ0n) is 65.0. The van der Waals surface area contributed by atoms with Gasteiger partial charge in [-0.25, -0.2) is 0 Å². The van der Waals surface area contributed by atoms with Crippen LogP contribution in [0, 0.1) is 11.8 Å². The number of likely N-dealkylation sites (tertiary alicyclic amines) is 2. The van der Waals surface area contributed by atoms with Crippen LogP contribution in [-0.4, -0.2) is 145 Å². The number of ether oxygens (including phenoxy) is 4. The van der Waals surface area contributed by atoms with Crippen LogP contribution in [0.5, 0.6) is 0 Å². The van der Waals surface area contributed by atoms with E-state index in [-0.39, 0.29) is 48.9 Å². The molecule has 0 aliphatic carbocycles. The van der Waals surface area contributed by atoms with Gasteiger partial charge in [-0.3, -0.25) is 19.2 Å².